The Morgan fingerprint density at radius 2 is 1.82 bits per heavy atom. The van der Waals surface area contributed by atoms with Crippen molar-refractivity contribution < 1.29 is 9.59 Å². The Morgan fingerprint density at radius 3 is 2.09 bits per heavy atom. The van der Waals surface area contributed by atoms with E-state index >= 15 is 0 Å². The maximum absolute atomic E-state index is 10.5. The Bertz CT molecular complexity index is 167. The highest BCUT2D eigenvalue weighted by atomic mass is 16.2. The average Bonchev–Trinajstić information content (AvgIpc) is 1.87. The van der Waals surface area contributed by atoms with Gasteiger partial charge < -0.3 is 4.90 Å². The topological polar surface area (TPSA) is 37.4 Å². The van der Waals surface area contributed by atoms with Crippen molar-refractivity contribution >= 4 is 27.3 Å². The Morgan fingerprint density at radius 1 is 1.36 bits per heavy atom. The van der Waals surface area contributed by atoms with Gasteiger partial charge in [0, 0.05) is 6.54 Å². The first-order chi connectivity index (χ1) is 5.09. The van der Waals surface area contributed by atoms with Crippen molar-refractivity contribution in [3.05, 3.63) is 12.7 Å². The molecule has 0 aromatic rings. The first-order valence-electron chi connectivity index (χ1n) is 3.07. The summed E-state index contributed by atoms with van der Waals surface area (Å²) in [5.41, 5.74) is 0. The average molecular weight is 147 g/mol. The molecule has 0 bridgehead atoms. The molecule has 0 aromatic heterocycles. The summed E-state index contributed by atoms with van der Waals surface area (Å²) in [4.78, 5) is 21.7. The summed E-state index contributed by atoms with van der Waals surface area (Å²) in [5, 5.41) is 0. The molecule has 0 fully saturated rings. The molecule has 5 heteroatoms. The number of rotatable bonds is 3. The minimum Gasteiger partial charge on any atom is -0.302 e. The largest absolute Gasteiger partial charge is 0.302 e. The van der Waals surface area contributed by atoms with E-state index in [-0.39, 0.29) is 6.54 Å². The van der Waals surface area contributed by atoms with Crippen molar-refractivity contribution in [3.8, 4) is 0 Å². The lowest BCUT2D eigenvalue weighted by Gasteiger charge is -2.16. The van der Waals surface area contributed by atoms with Crippen LogP contribution in [0.3, 0.4) is 0 Å². The van der Waals surface area contributed by atoms with Gasteiger partial charge in [-0.2, -0.15) is 0 Å². The van der Waals surface area contributed by atoms with Gasteiger partial charge in [0.25, 0.3) is 0 Å². The molecule has 0 aliphatic carbocycles. The van der Waals surface area contributed by atoms with Gasteiger partial charge in [-0.3, -0.25) is 9.59 Å². The molecule has 11 heavy (non-hydrogen) atoms. The van der Waals surface area contributed by atoms with Gasteiger partial charge in [0.1, 0.15) is 0 Å². The number of nitrogens with zero attached hydrogens (tertiary/aromatic N) is 1. The third-order valence-electron chi connectivity index (χ3n) is 1.09. The SMILES string of the molecule is [B]C(=O)N(CCC=C)C([B])=O. The van der Waals surface area contributed by atoms with Crippen LogP contribution in [0.1, 0.15) is 6.42 Å². The lowest BCUT2D eigenvalue weighted by atomic mass is 10.0. The predicted molar refractivity (Wildman–Crippen MR) is 43.8 cm³/mol. The fourth-order valence-corrected chi connectivity index (χ4v) is 0.549. The fraction of sp³-hybridized carbons (Fsp3) is 0.333. The van der Waals surface area contributed by atoms with Crippen molar-refractivity contribution in [3.63, 3.8) is 0 Å². The molecule has 0 rings (SSSR count). The highest BCUT2D eigenvalue weighted by molar-refractivity contribution is 6.65. The summed E-state index contributed by atoms with van der Waals surface area (Å²) in [6, 6.07) is 0. The summed E-state index contributed by atoms with van der Waals surface area (Å²) < 4.78 is 0. The summed E-state index contributed by atoms with van der Waals surface area (Å²) in [7, 11) is 9.66. The van der Waals surface area contributed by atoms with E-state index in [9.17, 15) is 9.59 Å². The summed E-state index contributed by atoms with van der Waals surface area (Å²) >= 11 is 0. The molecule has 0 spiro atoms. The summed E-state index contributed by atoms with van der Waals surface area (Å²) in [5.74, 6) is -1.67. The van der Waals surface area contributed by atoms with Crippen LogP contribution in [0.25, 0.3) is 0 Å². The third kappa shape index (κ3) is 3.65. The van der Waals surface area contributed by atoms with Crippen molar-refractivity contribution in [2.24, 2.45) is 0 Å². The van der Waals surface area contributed by atoms with Crippen LogP contribution >= 0.6 is 0 Å². The maximum atomic E-state index is 10.5. The zero-order chi connectivity index (χ0) is 8.85. The van der Waals surface area contributed by atoms with Crippen LogP contribution in [-0.2, 0) is 0 Å². The summed E-state index contributed by atoms with van der Waals surface area (Å²) in [6.45, 7) is 3.61. The Balaban J connectivity index is 4.00. The Hall–Kier alpha value is -0.990. The van der Waals surface area contributed by atoms with Crippen molar-refractivity contribution in [2.45, 2.75) is 6.42 Å². The van der Waals surface area contributed by atoms with E-state index in [1.165, 1.54) is 0 Å². The van der Waals surface area contributed by atoms with Gasteiger partial charge in [-0.1, -0.05) is 6.08 Å². The van der Waals surface area contributed by atoms with E-state index in [1.807, 2.05) is 0 Å². The van der Waals surface area contributed by atoms with Gasteiger partial charge in [0.05, 0.1) is 0 Å². The van der Waals surface area contributed by atoms with Crippen molar-refractivity contribution in [1.29, 1.82) is 0 Å². The van der Waals surface area contributed by atoms with Gasteiger partial charge in [0.2, 0.25) is 15.7 Å². The normalized spacial score (nSPS) is 8.73. The van der Waals surface area contributed by atoms with Gasteiger partial charge in [-0.25, -0.2) is 0 Å². The number of hydrogen-bond donors (Lipinski definition) is 0. The molecular weight excluding hydrogens is 140 g/mol. The van der Waals surface area contributed by atoms with Crippen LogP contribution in [-0.4, -0.2) is 38.8 Å². The van der Waals surface area contributed by atoms with Crippen LogP contribution in [0.2, 0.25) is 0 Å². The Labute approximate surface area is 68.3 Å². The number of amides is 2. The van der Waals surface area contributed by atoms with Gasteiger partial charge in [-0.15, -0.1) is 6.58 Å². The molecule has 4 radical (unpaired) electrons. The van der Waals surface area contributed by atoms with E-state index in [2.05, 4.69) is 6.58 Å². The fourth-order valence-electron chi connectivity index (χ4n) is 0.549. The second-order valence-corrected chi connectivity index (χ2v) is 1.91. The molecule has 0 aliphatic rings. The zero-order valence-corrected chi connectivity index (χ0v) is 6.12. The number of imide groups is 1. The maximum Gasteiger partial charge on any atom is 0.201 e. The molecule has 2 amide bonds. The molecule has 3 nitrogen and oxygen atoms in total. The van der Waals surface area contributed by atoms with Gasteiger partial charge in [0.15, 0.2) is 11.6 Å². The van der Waals surface area contributed by atoms with Crippen LogP contribution < -0.4 is 0 Å². The second kappa shape index (κ2) is 4.77. The van der Waals surface area contributed by atoms with Crippen molar-refractivity contribution in [1.82, 2.24) is 4.90 Å². The standard InChI is InChI=1S/C6H7B2NO2/c1-2-3-4-9(5(7)10)6(8)11/h2H,1,3-4H2. The zero-order valence-electron chi connectivity index (χ0n) is 6.12. The van der Waals surface area contributed by atoms with E-state index in [0.717, 1.165) is 4.90 Å². The quantitative estimate of drug-likeness (QED) is 0.428. The van der Waals surface area contributed by atoms with E-state index in [1.54, 1.807) is 6.08 Å². The first kappa shape index (κ1) is 10.0. The molecule has 0 N–H and O–H groups in total. The molecule has 0 atom stereocenters. The predicted octanol–water partition coefficient (Wildman–Crippen LogP) is 0.442. The first-order valence-corrected chi connectivity index (χ1v) is 3.07. The van der Waals surface area contributed by atoms with Crippen molar-refractivity contribution in [2.75, 3.05) is 6.54 Å². The number of hydrogen-bond acceptors (Lipinski definition) is 2. The molecule has 54 valence electrons. The van der Waals surface area contributed by atoms with Crippen LogP contribution in [0, 0.1) is 0 Å². The number of carbonyl (C=O) groups is 2. The molecule has 0 aromatic carbocycles. The molecule has 0 heterocycles. The van der Waals surface area contributed by atoms with Crippen LogP contribution in [0.5, 0.6) is 0 Å². The highest BCUT2D eigenvalue weighted by Crippen LogP contribution is 1.93. The smallest absolute Gasteiger partial charge is 0.201 e. The minimum absolute atomic E-state index is 0.189. The summed E-state index contributed by atoms with van der Waals surface area (Å²) in [6.07, 6.45) is 2.06. The monoisotopic (exact) mass is 147 g/mol. The molecular formula is C6H7B2NO2. The molecule has 0 saturated heterocycles. The van der Waals surface area contributed by atoms with Crippen LogP contribution in [0.4, 0.5) is 9.59 Å². The van der Waals surface area contributed by atoms with E-state index in [4.69, 9.17) is 15.7 Å². The molecule has 0 aliphatic heterocycles. The van der Waals surface area contributed by atoms with Gasteiger partial charge in [-0.05, 0) is 6.42 Å². The number of carbonyl (C=O) groups excluding carboxylic acids is 2. The van der Waals surface area contributed by atoms with Crippen LogP contribution in [0.15, 0.2) is 12.7 Å². The molecule has 0 saturated carbocycles. The van der Waals surface area contributed by atoms with Gasteiger partial charge >= 0.3 is 0 Å². The minimum atomic E-state index is -0.834. The Kier molecular flexibility index (Phi) is 4.34. The van der Waals surface area contributed by atoms with E-state index in [0.29, 0.717) is 6.42 Å². The van der Waals surface area contributed by atoms with E-state index < -0.39 is 11.6 Å². The lowest BCUT2D eigenvalue weighted by Crippen LogP contribution is -2.35. The second-order valence-electron chi connectivity index (χ2n) is 1.91. The lowest BCUT2D eigenvalue weighted by molar-refractivity contribution is 0.215. The highest BCUT2D eigenvalue weighted by Gasteiger charge is 2.09. The third-order valence-corrected chi connectivity index (χ3v) is 1.09. The molecule has 0 unspecified atom stereocenters.